The van der Waals surface area contributed by atoms with Crippen LogP contribution in [0.3, 0.4) is 0 Å². The molecule has 0 aliphatic carbocycles. The lowest BCUT2D eigenvalue weighted by atomic mass is 10.1. The lowest BCUT2D eigenvalue weighted by molar-refractivity contribution is 0.0691. The average molecular weight is 870 g/mol. The highest BCUT2D eigenvalue weighted by molar-refractivity contribution is 6.31. The first kappa shape index (κ1) is 40.7. The predicted octanol–water partition coefficient (Wildman–Crippen LogP) is 12.3. The van der Waals surface area contributed by atoms with Crippen molar-refractivity contribution in [3.05, 3.63) is 160 Å². The SMILES string of the molecule is O=C(Nc1ccc(CCN2CCCCC2)cc1)c1cc2c(OCc3coc4ccc(Cl)cc34)cccc2[nH]1.O=C(O)c1cc2c(OCc3coc4ccc(Cl)cc34)cccc2[nH]1. The number of aromatic amines is 2. The van der Waals surface area contributed by atoms with Crippen molar-refractivity contribution in [2.45, 2.75) is 38.9 Å². The Morgan fingerprint density at radius 2 is 1.21 bits per heavy atom. The molecule has 1 aliphatic heterocycles. The van der Waals surface area contributed by atoms with Gasteiger partial charge in [0.05, 0.1) is 12.5 Å². The maximum absolute atomic E-state index is 13.0. The van der Waals surface area contributed by atoms with Crippen LogP contribution in [-0.4, -0.2) is 51.5 Å². The Bertz CT molecular complexity index is 3030. The monoisotopic (exact) mass is 868 g/mol. The molecule has 10 rings (SSSR count). The van der Waals surface area contributed by atoms with Crippen molar-refractivity contribution >= 4 is 84.5 Å². The maximum atomic E-state index is 13.0. The second-order valence-corrected chi connectivity index (χ2v) is 16.2. The standard InChI is InChI=1S/C31H30ClN3O3.C18H12ClNO4/c32-23-9-12-30-25(17-23)22(20-38-30)19-37-29-6-4-5-27-26(29)18-28(34-27)31(36)33-24-10-7-21(8-11-24)13-16-35-14-2-1-3-15-35;19-11-4-5-17-12(6-11)10(9-24-17)8-23-16-3-1-2-14-13(16)7-15(20-14)18(21)22/h4-12,17-18,20,34H,1-3,13-16,19H2,(H,33,36);1-7,9,20H,8H2,(H,21,22). The van der Waals surface area contributed by atoms with Crippen LogP contribution in [0.2, 0.25) is 10.0 Å². The molecule has 62 heavy (non-hydrogen) atoms. The van der Waals surface area contributed by atoms with Gasteiger partial charge < -0.3 is 43.6 Å². The van der Waals surface area contributed by atoms with Gasteiger partial charge in [0.15, 0.2) is 0 Å². The number of nitrogens with one attached hydrogen (secondary N) is 3. The van der Waals surface area contributed by atoms with Crippen molar-refractivity contribution < 1.29 is 33.0 Å². The van der Waals surface area contributed by atoms with Gasteiger partial charge in [-0.2, -0.15) is 0 Å². The molecule has 314 valence electrons. The minimum Gasteiger partial charge on any atom is -0.488 e. The van der Waals surface area contributed by atoms with Crippen molar-refractivity contribution in [1.29, 1.82) is 0 Å². The molecule has 5 heterocycles. The number of carbonyl (C=O) groups is 2. The number of aromatic nitrogens is 2. The fourth-order valence-corrected chi connectivity index (χ4v) is 8.15. The number of hydrogen-bond donors (Lipinski definition) is 4. The number of nitrogens with zero attached hydrogens (tertiary/aromatic N) is 1. The first-order chi connectivity index (χ1) is 30.2. The number of halogens is 2. The van der Waals surface area contributed by atoms with Crippen molar-refractivity contribution in [1.82, 2.24) is 14.9 Å². The van der Waals surface area contributed by atoms with E-state index in [-0.39, 0.29) is 11.6 Å². The molecule has 1 aliphatic rings. The molecule has 1 saturated heterocycles. The third-order valence-corrected chi connectivity index (χ3v) is 11.6. The highest BCUT2D eigenvalue weighted by atomic mass is 35.5. The van der Waals surface area contributed by atoms with Gasteiger partial charge in [-0.1, -0.05) is 53.9 Å². The van der Waals surface area contributed by atoms with Gasteiger partial charge in [-0.25, -0.2) is 4.79 Å². The minimum atomic E-state index is -1.01. The Kier molecular flexibility index (Phi) is 11.9. The fraction of sp³-hybridized carbons (Fsp3) is 0.184. The van der Waals surface area contributed by atoms with Crippen LogP contribution in [0.4, 0.5) is 5.69 Å². The number of fused-ring (bicyclic) bond motifs is 4. The summed E-state index contributed by atoms with van der Waals surface area (Å²) in [5.41, 5.74) is 7.50. The van der Waals surface area contributed by atoms with Gasteiger partial charge >= 0.3 is 5.97 Å². The molecule has 0 unspecified atom stereocenters. The van der Waals surface area contributed by atoms with Gasteiger partial charge in [-0.05, 0) is 123 Å². The summed E-state index contributed by atoms with van der Waals surface area (Å²) in [6, 6.07) is 33.6. The Morgan fingerprint density at radius 3 is 1.77 bits per heavy atom. The van der Waals surface area contributed by atoms with Crippen LogP contribution in [0, 0.1) is 0 Å². The number of H-pyrrole nitrogens is 2. The number of furan rings is 2. The fourth-order valence-electron chi connectivity index (χ4n) is 7.81. The smallest absolute Gasteiger partial charge is 0.352 e. The van der Waals surface area contributed by atoms with Crippen LogP contribution >= 0.6 is 23.2 Å². The molecule has 13 heteroatoms. The van der Waals surface area contributed by atoms with Crippen LogP contribution in [0.1, 0.15) is 56.9 Å². The molecule has 1 fully saturated rings. The first-order valence-electron chi connectivity index (χ1n) is 20.4. The second kappa shape index (κ2) is 18.1. The summed E-state index contributed by atoms with van der Waals surface area (Å²) >= 11 is 12.2. The normalized spacial score (nSPS) is 13.1. The zero-order valence-electron chi connectivity index (χ0n) is 33.5. The van der Waals surface area contributed by atoms with Gasteiger partial charge in [-0.15, -0.1) is 0 Å². The molecule has 0 saturated carbocycles. The number of aromatic carboxylic acids is 1. The van der Waals surface area contributed by atoms with E-state index in [2.05, 4.69) is 32.3 Å². The Morgan fingerprint density at radius 1 is 0.661 bits per heavy atom. The van der Waals surface area contributed by atoms with E-state index >= 15 is 0 Å². The Hall–Kier alpha value is -6.66. The summed E-state index contributed by atoms with van der Waals surface area (Å²) in [6.45, 7) is 4.13. The number of amides is 1. The Labute approximate surface area is 366 Å². The third kappa shape index (κ3) is 9.15. The first-order valence-corrected chi connectivity index (χ1v) is 21.2. The van der Waals surface area contributed by atoms with Crippen LogP contribution in [0.15, 0.2) is 131 Å². The van der Waals surface area contributed by atoms with E-state index in [0.29, 0.717) is 46.0 Å². The number of anilines is 1. The summed E-state index contributed by atoms with van der Waals surface area (Å²) in [5.74, 6) is 0.0937. The number of likely N-dealkylation sites (tertiary alicyclic amines) is 1. The molecular formula is C49H42Cl2N4O7. The van der Waals surface area contributed by atoms with Crippen LogP contribution in [-0.2, 0) is 19.6 Å². The third-order valence-electron chi connectivity index (χ3n) is 11.1. The molecular weight excluding hydrogens is 827 g/mol. The van der Waals surface area contributed by atoms with Gasteiger partial charge in [0, 0.05) is 66.0 Å². The number of ether oxygens (including phenoxy) is 2. The summed E-state index contributed by atoms with van der Waals surface area (Å²) in [7, 11) is 0. The van der Waals surface area contributed by atoms with Gasteiger partial charge in [0.1, 0.15) is 47.3 Å². The lowest BCUT2D eigenvalue weighted by Crippen LogP contribution is -2.31. The van der Waals surface area contributed by atoms with Crippen molar-refractivity contribution in [3.8, 4) is 11.5 Å². The molecule has 0 atom stereocenters. The van der Waals surface area contributed by atoms with Crippen LogP contribution < -0.4 is 14.8 Å². The van der Waals surface area contributed by atoms with Gasteiger partial charge in [-0.3, -0.25) is 4.79 Å². The van der Waals surface area contributed by atoms with E-state index in [4.69, 9.17) is 46.6 Å². The second-order valence-electron chi connectivity index (χ2n) is 15.3. The van der Waals surface area contributed by atoms with Crippen molar-refractivity contribution in [3.63, 3.8) is 0 Å². The van der Waals surface area contributed by atoms with E-state index in [1.54, 1.807) is 36.8 Å². The van der Waals surface area contributed by atoms with E-state index in [9.17, 15) is 9.59 Å². The van der Waals surface area contributed by atoms with Crippen molar-refractivity contribution in [2.24, 2.45) is 0 Å². The van der Waals surface area contributed by atoms with E-state index in [0.717, 1.165) is 68.0 Å². The zero-order valence-corrected chi connectivity index (χ0v) is 35.0. The predicted molar refractivity (Wildman–Crippen MR) is 243 cm³/mol. The summed E-state index contributed by atoms with van der Waals surface area (Å²) in [4.78, 5) is 32.7. The number of hydrogen-bond acceptors (Lipinski definition) is 7. The topological polar surface area (TPSA) is 146 Å². The molecule has 0 bridgehead atoms. The Balaban J connectivity index is 0.000000175. The molecule has 1 amide bonds. The number of carbonyl (C=O) groups excluding carboxylic acids is 1. The largest absolute Gasteiger partial charge is 0.488 e. The highest BCUT2D eigenvalue weighted by Crippen LogP contribution is 2.32. The quantitative estimate of drug-likeness (QED) is 0.0949. The average Bonchev–Trinajstić information content (AvgIpc) is 4.10. The summed E-state index contributed by atoms with van der Waals surface area (Å²) in [6.07, 6.45) is 8.33. The minimum absolute atomic E-state index is 0.126. The number of carboxylic acid groups (broad SMARTS) is 1. The summed E-state index contributed by atoms with van der Waals surface area (Å²) < 4.78 is 23.1. The number of carboxylic acids is 1. The molecule has 9 aromatic rings. The maximum Gasteiger partial charge on any atom is 0.352 e. The molecule has 4 aromatic heterocycles. The lowest BCUT2D eigenvalue weighted by Gasteiger charge is -2.26. The molecule has 11 nitrogen and oxygen atoms in total. The number of piperidine rings is 1. The van der Waals surface area contributed by atoms with Crippen LogP contribution in [0.25, 0.3) is 43.7 Å². The summed E-state index contributed by atoms with van der Waals surface area (Å²) in [5, 5.41) is 16.8. The molecule has 5 aromatic carbocycles. The number of rotatable bonds is 12. The van der Waals surface area contributed by atoms with Crippen LogP contribution in [0.5, 0.6) is 11.5 Å². The molecule has 4 N–H and O–H groups in total. The van der Waals surface area contributed by atoms with E-state index in [1.165, 1.54) is 37.9 Å². The van der Waals surface area contributed by atoms with Crippen molar-refractivity contribution in [2.75, 3.05) is 25.0 Å². The number of benzene rings is 5. The van der Waals surface area contributed by atoms with E-state index in [1.807, 2.05) is 72.8 Å². The zero-order chi connectivity index (χ0) is 42.6. The molecule has 0 radical (unpaired) electrons. The highest BCUT2D eigenvalue weighted by Gasteiger charge is 2.16. The van der Waals surface area contributed by atoms with E-state index < -0.39 is 5.97 Å². The molecule has 0 spiro atoms. The van der Waals surface area contributed by atoms with Gasteiger partial charge in [0.2, 0.25) is 0 Å². The van der Waals surface area contributed by atoms with Gasteiger partial charge in [0.25, 0.3) is 5.91 Å².